The number of nitrogens with one attached hydrogen (secondary N) is 1. The first-order valence-electron chi connectivity index (χ1n) is 15.1. The molecule has 224 valence electrons. The van der Waals surface area contributed by atoms with Gasteiger partial charge in [0.2, 0.25) is 0 Å². The summed E-state index contributed by atoms with van der Waals surface area (Å²) in [6.45, 7) is 11.1. The molecule has 0 aliphatic carbocycles. The number of hydrogen-bond donors (Lipinski definition) is 1. The lowest BCUT2D eigenvalue weighted by molar-refractivity contribution is 0.357. The van der Waals surface area contributed by atoms with Crippen molar-refractivity contribution >= 4 is 46.0 Å². The number of thiocarbonyl (C=S) groups is 1. The summed E-state index contributed by atoms with van der Waals surface area (Å²) in [4.78, 5) is 11.5. The molecule has 2 fully saturated rings. The molecule has 0 saturated carbocycles. The maximum absolute atomic E-state index is 7.06. The molecule has 2 aromatic carbocycles. The predicted molar refractivity (Wildman–Crippen MR) is 184 cm³/mol. The van der Waals surface area contributed by atoms with Crippen molar-refractivity contribution in [2.75, 3.05) is 41.9 Å². The number of aromatic nitrogens is 2. The highest BCUT2D eigenvalue weighted by Gasteiger charge is 2.42. The van der Waals surface area contributed by atoms with Crippen LogP contribution < -0.4 is 20.0 Å². The van der Waals surface area contributed by atoms with Gasteiger partial charge in [-0.2, -0.15) is 0 Å². The van der Waals surface area contributed by atoms with Gasteiger partial charge in [-0.1, -0.05) is 31.5 Å². The summed E-state index contributed by atoms with van der Waals surface area (Å²) in [5.41, 5.74) is 8.89. The van der Waals surface area contributed by atoms with Crippen molar-refractivity contribution in [1.82, 2.24) is 14.9 Å². The van der Waals surface area contributed by atoms with E-state index in [0.717, 1.165) is 40.9 Å². The van der Waals surface area contributed by atoms with Gasteiger partial charge < -0.3 is 24.6 Å². The SMILES string of the molecule is Cc1cc([C@@H]2[C@H](c3ccccn3)NC(=S)N2c2ccc(N3C[C@H](C)C[C@H](C)C3)c(Cl)c2)c(C)n1-c1ccc(N(C)C)cc1. The highest BCUT2D eigenvalue weighted by molar-refractivity contribution is 7.80. The standard InChI is InChI=1S/C35H41ClN6S/c1-22-17-23(2)21-40(20-22)32-15-14-28(19-30(32)36)42-34(33(38-35(42)43)31-9-7-8-16-37-31)29-18-24(3)41(25(29)4)27-12-10-26(11-13-27)39(5)6/h7-16,18-19,22-23,33-34H,17,20-21H2,1-6H3,(H,38,43)/t22-,23+,33-,34+/m0/s1. The smallest absolute Gasteiger partial charge is 0.174 e. The third-order valence-electron chi connectivity index (χ3n) is 8.93. The van der Waals surface area contributed by atoms with Crippen LogP contribution >= 0.6 is 23.8 Å². The zero-order valence-corrected chi connectivity index (χ0v) is 27.5. The van der Waals surface area contributed by atoms with E-state index in [9.17, 15) is 0 Å². The number of halogens is 1. The number of nitrogens with zero attached hydrogens (tertiary/aromatic N) is 5. The van der Waals surface area contributed by atoms with Crippen LogP contribution in [0.1, 0.15) is 55.0 Å². The maximum atomic E-state index is 7.06. The average Bonchev–Trinajstić information content (AvgIpc) is 3.47. The van der Waals surface area contributed by atoms with Crippen LogP contribution in [0.5, 0.6) is 0 Å². The highest BCUT2D eigenvalue weighted by Crippen LogP contribution is 2.45. The molecule has 6 nitrogen and oxygen atoms in total. The fourth-order valence-electron chi connectivity index (χ4n) is 7.09. The Hall–Kier alpha value is -3.55. The lowest BCUT2D eigenvalue weighted by Crippen LogP contribution is -2.38. The van der Waals surface area contributed by atoms with Gasteiger partial charge in [0, 0.05) is 61.8 Å². The summed E-state index contributed by atoms with van der Waals surface area (Å²) in [7, 11) is 4.13. The van der Waals surface area contributed by atoms with Crippen LogP contribution in [0.4, 0.5) is 17.1 Å². The quantitative estimate of drug-likeness (QED) is 0.223. The van der Waals surface area contributed by atoms with E-state index in [1.165, 1.54) is 29.1 Å². The van der Waals surface area contributed by atoms with Crippen LogP contribution in [0.15, 0.2) is 72.9 Å². The van der Waals surface area contributed by atoms with Crippen LogP contribution in [0.2, 0.25) is 5.02 Å². The Morgan fingerprint density at radius 2 is 1.63 bits per heavy atom. The van der Waals surface area contributed by atoms with Gasteiger partial charge in [0.15, 0.2) is 5.11 Å². The number of aryl methyl sites for hydroxylation is 1. The Kier molecular flexibility index (Phi) is 8.14. The van der Waals surface area contributed by atoms with Crippen molar-refractivity contribution in [2.45, 2.75) is 46.2 Å². The number of hydrogen-bond acceptors (Lipinski definition) is 4. The van der Waals surface area contributed by atoms with Crippen molar-refractivity contribution in [3.63, 3.8) is 0 Å². The molecule has 0 unspecified atom stereocenters. The molecule has 2 aliphatic rings. The largest absolute Gasteiger partial charge is 0.378 e. The molecule has 0 amide bonds. The van der Waals surface area contributed by atoms with E-state index in [-0.39, 0.29) is 12.1 Å². The summed E-state index contributed by atoms with van der Waals surface area (Å²) in [6.07, 6.45) is 3.11. The van der Waals surface area contributed by atoms with Gasteiger partial charge in [0.1, 0.15) is 0 Å². The Morgan fingerprint density at radius 1 is 0.930 bits per heavy atom. The first-order chi connectivity index (χ1) is 20.6. The summed E-state index contributed by atoms with van der Waals surface area (Å²) in [5.74, 6) is 1.29. The van der Waals surface area contributed by atoms with Crippen LogP contribution in [0, 0.1) is 25.7 Å². The molecule has 8 heteroatoms. The van der Waals surface area contributed by atoms with Gasteiger partial charge in [-0.25, -0.2) is 0 Å². The van der Waals surface area contributed by atoms with Gasteiger partial charge in [-0.3, -0.25) is 4.98 Å². The Balaban J connectivity index is 1.42. The maximum Gasteiger partial charge on any atom is 0.174 e. The highest BCUT2D eigenvalue weighted by atomic mass is 35.5. The van der Waals surface area contributed by atoms with Crippen LogP contribution in [0.3, 0.4) is 0 Å². The fraction of sp³-hybridized carbons (Fsp3) is 0.371. The van der Waals surface area contributed by atoms with Gasteiger partial charge in [0.05, 0.1) is 28.5 Å². The number of benzene rings is 2. The second-order valence-electron chi connectivity index (χ2n) is 12.6. The zero-order valence-electron chi connectivity index (χ0n) is 25.9. The normalized spacial score (nSPS) is 22.2. The first kappa shape index (κ1) is 29.5. The average molecular weight is 613 g/mol. The molecular formula is C35H41ClN6S. The number of rotatable bonds is 6. The molecular weight excluding hydrogens is 572 g/mol. The summed E-state index contributed by atoms with van der Waals surface area (Å²) in [5, 5.41) is 5.05. The van der Waals surface area contributed by atoms with Crippen molar-refractivity contribution < 1.29 is 0 Å². The Labute approximate surface area is 266 Å². The minimum Gasteiger partial charge on any atom is -0.378 e. The van der Waals surface area contributed by atoms with E-state index < -0.39 is 0 Å². The molecule has 43 heavy (non-hydrogen) atoms. The van der Waals surface area contributed by atoms with Gasteiger partial charge in [-0.15, -0.1) is 0 Å². The molecule has 4 atom stereocenters. The van der Waals surface area contributed by atoms with Gasteiger partial charge >= 0.3 is 0 Å². The minimum absolute atomic E-state index is 0.111. The van der Waals surface area contributed by atoms with E-state index in [1.807, 2.05) is 18.3 Å². The third kappa shape index (κ3) is 5.61. The lowest BCUT2D eigenvalue weighted by atomic mass is 9.91. The van der Waals surface area contributed by atoms with Gasteiger partial charge in [0.25, 0.3) is 0 Å². The third-order valence-corrected chi connectivity index (χ3v) is 9.55. The molecule has 4 aromatic rings. The van der Waals surface area contributed by atoms with Crippen LogP contribution in [-0.4, -0.2) is 41.8 Å². The molecule has 6 rings (SSSR count). The van der Waals surface area contributed by atoms with Crippen molar-refractivity contribution in [2.24, 2.45) is 11.8 Å². The van der Waals surface area contributed by atoms with E-state index in [1.54, 1.807) is 0 Å². The summed E-state index contributed by atoms with van der Waals surface area (Å²) < 4.78 is 2.33. The predicted octanol–water partition coefficient (Wildman–Crippen LogP) is 7.87. The molecule has 4 heterocycles. The molecule has 2 aromatic heterocycles. The number of piperidine rings is 1. The zero-order chi connectivity index (χ0) is 30.4. The van der Waals surface area contributed by atoms with Crippen molar-refractivity contribution in [1.29, 1.82) is 0 Å². The van der Waals surface area contributed by atoms with E-state index in [2.05, 4.69) is 121 Å². The fourth-order valence-corrected chi connectivity index (χ4v) is 7.74. The molecule has 2 aliphatic heterocycles. The minimum atomic E-state index is -0.124. The monoisotopic (exact) mass is 612 g/mol. The van der Waals surface area contributed by atoms with E-state index in [0.29, 0.717) is 16.9 Å². The molecule has 2 saturated heterocycles. The molecule has 0 radical (unpaired) electrons. The van der Waals surface area contributed by atoms with Crippen molar-refractivity contribution in [3.8, 4) is 5.69 Å². The molecule has 0 bridgehead atoms. The number of pyridine rings is 1. The molecule has 1 N–H and O–H groups in total. The molecule has 0 spiro atoms. The number of anilines is 3. The Morgan fingerprint density at radius 3 is 2.26 bits per heavy atom. The van der Waals surface area contributed by atoms with E-state index in [4.69, 9.17) is 28.8 Å². The van der Waals surface area contributed by atoms with E-state index >= 15 is 0 Å². The second-order valence-corrected chi connectivity index (χ2v) is 13.3. The lowest BCUT2D eigenvalue weighted by Gasteiger charge is -2.37. The topological polar surface area (TPSA) is 39.6 Å². The first-order valence-corrected chi connectivity index (χ1v) is 15.9. The summed E-state index contributed by atoms with van der Waals surface area (Å²) in [6, 6.07) is 23.3. The summed E-state index contributed by atoms with van der Waals surface area (Å²) >= 11 is 13.1. The van der Waals surface area contributed by atoms with Crippen LogP contribution in [-0.2, 0) is 0 Å². The second kappa shape index (κ2) is 11.9. The van der Waals surface area contributed by atoms with Crippen molar-refractivity contribution in [3.05, 3.63) is 101 Å². The van der Waals surface area contributed by atoms with Gasteiger partial charge in [-0.05, 0) is 111 Å². The Bertz CT molecular complexity index is 1610. The van der Waals surface area contributed by atoms with Crippen LogP contribution in [0.25, 0.3) is 5.69 Å².